The number of benzene rings is 1. The Morgan fingerprint density at radius 1 is 1.12 bits per heavy atom. The van der Waals surface area contributed by atoms with Gasteiger partial charge in [0.1, 0.15) is 0 Å². The summed E-state index contributed by atoms with van der Waals surface area (Å²) < 4.78 is 63.8. The second kappa shape index (κ2) is 4.68. The van der Waals surface area contributed by atoms with E-state index in [0.29, 0.717) is 0 Å². The van der Waals surface area contributed by atoms with Crippen LogP contribution in [0.5, 0.6) is 0 Å². The van der Waals surface area contributed by atoms with Crippen LogP contribution in [0.2, 0.25) is 0 Å². The first kappa shape index (κ1) is 14.6. The van der Waals surface area contributed by atoms with Crippen LogP contribution in [0.25, 0.3) is 0 Å². The van der Waals surface area contributed by atoms with Crippen molar-refractivity contribution in [1.29, 1.82) is 0 Å². The molecule has 1 aliphatic rings. The SMILES string of the molecule is F[B-](F)(F)c1cccc2c1CCC2(F)F.[K+]. The van der Waals surface area contributed by atoms with Gasteiger partial charge in [-0.05, 0) is 6.42 Å². The van der Waals surface area contributed by atoms with Crippen LogP contribution in [0.1, 0.15) is 17.5 Å². The quantitative estimate of drug-likeness (QED) is 0.484. The van der Waals surface area contributed by atoms with Crippen molar-refractivity contribution in [2.24, 2.45) is 0 Å². The second-order valence-corrected chi connectivity index (χ2v) is 3.65. The van der Waals surface area contributed by atoms with E-state index in [-0.39, 0.29) is 63.4 Å². The van der Waals surface area contributed by atoms with Gasteiger partial charge >= 0.3 is 58.4 Å². The standard InChI is InChI=1S/C9H7BF5.K/c11-9(12)5-4-6-7(9)2-1-3-8(6)10(13,14)15;/h1-3H,4-5H2;/q-1;+1. The van der Waals surface area contributed by atoms with E-state index >= 15 is 0 Å². The molecule has 0 atom stereocenters. The van der Waals surface area contributed by atoms with Crippen LogP contribution < -0.4 is 56.8 Å². The van der Waals surface area contributed by atoms with Crippen LogP contribution in [-0.4, -0.2) is 6.98 Å². The summed E-state index contributed by atoms with van der Waals surface area (Å²) in [5.41, 5.74) is -1.56. The number of fused-ring (bicyclic) bond motifs is 1. The molecule has 0 fully saturated rings. The van der Waals surface area contributed by atoms with Gasteiger partial charge in [0.15, 0.2) is 0 Å². The van der Waals surface area contributed by atoms with Gasteiger partial charge in [0, 0.05) is 12.0 Å². The van der Waals surface area contributed by atoms with Gasteiger partial charge in [-0.25, -0.2) is 8.78 Å². The van der Waals surface area contributed by atoms with E-state index in [2.05, 4.69) is 0 Å². The van der Waals surface area contributed by atoms with Crippen LogP contribution in [0.4, 0.5) is 21.7 Å². The first-order valence-electron chi connectivity index (χ1n) is 4.52. The molecule has 0 saturated carbocycles. The Morgan fingerprint density at radius 3 is 2.31 bits per heavy atom. The Labute approximate surface area is 132 Å². The summed E-state index contributed by atoms with van der Waals surface area (Å²) in [4.78, 5) is 0. The minimum absolute atomic E-state index is 0. The van der Waals surface area contributed by atoms with Crippen molar-refractivity contribution in [2.75, 3.05) is 0 Å². The average molecular weight is 260 g/mol. The molecule has 0 aromatic heterocycles. The van der Waals surface area contributed by atoms with Gasteiger partial charge < -0.3 is 12.9 Å². The van der Waals surface area contributed by atoms with E-state index in [9.17, 15) is 21.7 Å². The minimum Gasteiger partial charge on any atom is -0.445 e. The van der Waals surface area contributed by atoms with Crippen LogP contribution in [-0.2, 0) is 12.3 Å². The number of hydrogen-bond donors (Lipinski definition) is 0. The fourth-order valence-electron chi connectivity index (χ4n) is 1.95. The summed E-state index contributed by atoms with van der Waals surface area (Å²) in [6.07, 6.45) is -0.717. The number of hydrogen-bond acceptors (Lipinski definition) is 0. The monoisotopic (exact) mass is 260 g/mol. The zero-order chi connectivity index (χ0) is 11.3. The predicted octanol–water partition coefficient (Wildman–Crippen LogP) is -0.217. The largest absolute Gasteiger partial charge is 1.00 e. The molecule has 7 heteroatoms. The van der Waals surface area contributed by atoms with Crippen LogP contribution in [0.15, 0.2) is 18.2 Å². The first-order valence-corrected chi connectivity index (χ1v) is 4.52. The summed E-state index contributed by atoms with van der Waals surface area (Å²) >= 11 is 0. The maximum atomic E-state index is 13.1. The number of alkyl halides is 2. The molecule has 0 unspecified atom stereocenters. The summed E-state index contributed by atoms with van der Waals surface area (Å²) in [5.74, 6) is -3.10. The molecule has 0 N–H and O–H groups in total. The van der Waals surface area contributed by atoms with Crippen LogP contribution >= 0.6 is 0 Å². The molecule has 0 aliphatic heterocycles. The molecule has 16 heavy (non-hydrogen) atoms. The predicted molar refractivity (Wildman–Crippen MR) is 47.4 cm³/mol. The summed E-state index contributed by atoms with van der Waals surface area (Å²) in [6.45, 7) is -5.20. The fourth-order valence-corrected chi connectivity index (χ4v) is 1.95. The van der Waals surface area contributed by atoms with Crippen molar-refractivity contribution in [2.45, 2.75) is 18.8 Å². The number of rotatable bonds is 1. The van der Waals surface area contributed by atoms with Crippen molar-refractivity contribution in [3.05, 3.63) is 29.3 Å². The molecule has 82 valence electrons. The van der Waals surface area contributed by atoms with Crippen molar-refractivity contribution in [1.82, 2.24) is 0 Å². The van der Waals surface area contributed by atoms with Gasteiger partial charge in [-0.3, -0.25) is 0 Å². The third-order valence-corrected chi connectivity index (χ3v) is 2.65. The van der Waals surface area contributed by atoms with Gasteiger partial charge in [-0.1, -0.05) is 23.8 Å². The molecule has 0 amide bonds. The minimum atomic E-state index is -5.20. The van der Waals surface area contributed by atoms with E-state index in [4.69, 9.17) is 0 Å². The van der Waals surface area contributed by atoms with Gasteiger partial charge in [0.25, 0.3) is 5.92 Å². The van der Waals surface area contributed by atoms with Gasteiger partial charge in [0.2, 0.25) is 0 Å². The summed E-state index contributed by atoms with van der Waals surface area (Å²) in [6, 6.07) is 3.00. The van der Waals surface area contributed by atoms with Crippen LogP contribution in [0.3, 0.4) is 0 Å². The summed E-state index contributed by atoms with van der Waals surface area (Å²) in [5, 5.41) is 0. The molecule has 0 radical (unpaired) electrons. The Hall–Kier alpha value is 0.571. The zero-order valence-electron chi connectivity index (χ0n) is 8.61. The maximum Gasteiger partial charge on any atom is 1.00 e. The Bertz CT molecular complexity index is 401. The van der Waals surface area contributed by atoms with Gasteiger partial charge in [-0.15, -0.1) is 5.46 Å². The maximum absolute atomic E-state index is 13.1. The van der Waals surface area contributed by atoms with Crippen molar-refractivity contribution in [3.8, 4) is 0 Å². The molecule has 0 spiro atoms. The molecular weight excluding hydrogens is 253 g/mol. The topological polar surface area (TPSA) is 0 Å². The smallest absolute Gasteiger partial charge is 0.445 e. The zero-order valence-corrected chi connectivity index (χ0v) is 11.7. The molecule has 0 heterocycles. The van der Waals surface area contributed by atoms with E-state index < -0.39 is 30.3 Å². The molecule has 1 aliphatic carbocycles. The Morgan fingerprint density at radius 2 is 1.75 bits per heavy atom. The average Bonchev–Trinajstić information content (AvgIpc) is 2.41. The van der Waals surface area contributed by atoms with Crippen molar-refractivity contribution < 1.29 is 73.1 Å². The third kappa shape index (κ3) is 2.53. The summed E-state index contributed by atoms with van der Waals surface area (Å²) in [7, 11) is 0. The van der Waals surface area contributed by atoms with Crippen molar-refractivity contribution in [3.63, 3.8) is 0 Å². The van der Waals surface area contributed by atoms with E-state index in [1.54, 1.807) is 0 Å². The molecule has 2 rings (SSSR count). The van der Waals surface area contributed by atoms with E-state index in [1.165, 1.54) is 0 Å². The third-order valence-electron chi connectivity index (χ3n) is 2.65. The molecule has 1 aromatic carbocycles. The van der Waals surface area contributed by atoms with Gasteiger partial charge in [-0.2, -0.15) is 0 Å². The fraction of sp³-hybridized carbons (Fsp3) is 0.333. The van der Waals surface area contributed by atoms with E-state index in [1.807, 2.05) is 0 Å². The van der Waals surface area contributed by atoms with E-state index in [0.717, 1.165) is 18.2 Å². The second-order valence-electron chi connectivity index (χ2n) is 3.65. The Balaban J connectivity index is 0.00000128. The molecular formula is C9H7BF5K. The molecule has 1 aromatic rings. The normalized spacial score (nSPS) is 17.8. The van der Waals surface area contributed by atoms with Crippen molar-refractivity contribution >= 4 is 12.4 Å². The van der Waals surface area contributed by atoms with Crippen LogP contribution in [0, 0.1) is 0 Å². The molecule has 0 saturated heterocycles. The molecule has 0 bridgehead atoms. The Kier molecular flexibility index (Phi) is 4.28. The first-order chi connectivity index (χ1) is 6.82. The molecule has 0 nitrogen and oxygen atoms in total. The van der Waals surface area contributed by atoms with Gasteiger partial charge in [0.05, 0.1) is 0 Å². The number of halogens is 5.